The summed E-state index contributed by atoms with van der Waals surface area (Å²) in [6.45, 7) is 16.7. The van der Waals surface area contributed by atoms with Crippen LogP contribution in [0.2, 0.25) is 0 Å². The highest BCUT2D eigenvalue weighted by molar-refractivity contribution is 6.38. The van der Waals surface area contributed by atoms with E-state index in [4.69, 9.17) is 14.9 Å². The number of piperidine rings is 1. The summed E-state index contributed by atoms with van der Waals surface area (Å²) < 4.78 is 10.7. The van der Waals surface area contributed by atoms with Crippen molar-refractivity contribution in [2.75, 3.05) is 33.4 Å². The first kappa shape index (κ1) is 31.9. The van der Waals surface area contributed by atoms with E-state index in [0.29, 0.717) is 30.0 Å². The number of allylic oxidation sites excluding steroid dienone is 3. The molecule has 1 amide bonds. The number of amides is 1. The Morgan fingerprint density at radius 1 is 1.17 bits per heavy atom. The molecule has 1 aliphatic heterocycles. The van der Waals surface area contributed by atoms with E-state index < -0.39 is 5.91 Å². The van der Waals surface area contributed by atoms with Gasteiger partial charge < -0.3 is 19.9 Å². The number of phenols is 1. The number of nitrogens with zero attached hydrogens (tertiary/aromatic N) is 2. The van der Waals surface area contributed by atoms with E-state index in [-0.39, 0.29) is 35.4 Å². The number of esters is 1. The summed E-state index contributed by atoms with van der Waals surface area (Å²) >= 11 is 0. The molecule has 0 radical (unpaired) electrons. The lowest BCUT2D eigenvalue weighted by atomic mass is 9.94. The fourth-order valence-electron chi connectivity index (χ4n) is 5.31. The molecule has 2 aliphatic rings. The Bertz CT molecular complexity index is 1210. The SMILES string of the molecule is C=C(c1cc(C(C)C)c(OC)cc1O)N(C(=N)C(=O)NC(C)C)C1=CC=C(CN2CCC(C(=O)OCC)CC2)CC1. The van der Waals surface area contributed by atoms with Crippen molar-refractivity contribution >= 4 is 23.4 Å². The first-order valence-corrected chi connectivity index (χ1v) is 14.5. The molecule has 0 unspecified atom stereocenters. The van der Waals surface area contributed by atoms with Gasteiger partial charge in [-0.15, -0.1) is 0 Å². The third-order valence-corrected chi connectivity index (χ3v) is 7.54. The lowest BCUT2D eigenvalue weighted by molar-refractivity contribution is -0.149. The van der Waals surface area contributed by atoms with Crippen LogP contribution in [0.3, 0.4) is 0 Å². The number of amidine groups is 1. The van der Waals surface area contributed by atoms with E-state index >= 15 is 0 Å². The molecule has 0 saturated carbocycles. The van der Waals surface area contributed by atoms with E-state index in [2.05, 4.69) is 22.9 Å². The smallest absolute Gasteiger partial charge is 0.309 e. The van der Waals surface area contributed by atoms with Gasteiger partial charge in [-0.1, -0.05) is 32.1 Å². The monoisotopic (exact) mass is 566 g/mol. The number of phenolic OH excluding ortho intramolecular Hbond substituents is 1. The molecule has 1 fully saturated rings. The average Bonchev–Trinajstić information content (AvgIpc) is 2.93. The van der Waals surface area contributed by atoms with Gasteiger partial charge in [0.25, 0.3) is 5.91 Å². The minimum atomic E-state index is -0.515. The molecule has 0 aromatic heterocycles. The molecule has 0 bridgehead atoms. The number of carbonyl (C=O) groups is 2. The quantitative estimate of drug-likeness (QED) is 0.203. The predicted octanol–water partition coefficient (Wildman–Crippen LogP) is 5.18. The van der Waals surface area contributed by atoms with Crippen LogP contribution in [0, 0.1) is 11.3 Å². The molecule has 224 valence electrons. The van der Waals surface area contributed by atoms with E-state index in [1.165, 1.54) is 5.57 Å². The molecule has 3 rings (SSSR count). The molecule has 1 heterocycles. The third-order valence-electron chi connectivity index (χ3n) is 7.54. The number of likely N-dealkylation sites (tertiary alicyclic amines) is 1. The number of methoxy groups -OCH3 is 1. The molecule has 41 heavy (non-hydrogen) atoms. The number of aromatic hydroxyl groups is 1. The molecule has 0 atom stereocenters. The van der Waals surface area contributed by atoms with Crippen LogP contribution >= 0.6 is 0 Å². The molecule has 0 spiro atoms. The summed E-state index contributed by atoms with van der Waals surface area (Å²) in [7, 11) is 1.56. The molecule has 1 aliphatic carbocycles. The number of benzene rings is 1. The minimum absolute atomic E-state index is 0.0221. The van der Waals surface area contributed by atoms with Crippen LogP contribution in [0.25, 0.3) is 5.70 Å². The van der Waals surface area contributed by atoms with Crippen molar-refractivity contribution in [2.24, 2.45) is 5.92 Å². The predicted molar refractivity (Wildman–Crippen MR) is 162 cm³/mol. The number of hydrogen-bond acceptors (Lipinski definition) is 7. The van der Waals surface area contributed by atoms with Gasteiger partial charge in [-0.3, -0.25) is 24.8 Å². The van der Waals surface area contributed by atoms with Gasteiger partial charge in [0, 0.05) is 29.9 Å². The van der Waals surface area contributed by atoms with Crippen LogP contribution in [0.1, 0.15) is 77.3 Å². The van der Waals surface area contributed by atoms with Crippen molar-refractivity contribution in [1.29, 1.82) is 5.41 Å². The second-order valence-corrected chi connectivity index (χ2v) is 11.3. The van der Waals surface area contributed by atoms with E-state index in [1.807, 2.05) is 46.8 Å². The number of ether oxygens (including phenoxy) is 2. The fourth-order valence-corrected chi connectivity index (χ4v) is 5.31. The fraction of sp³-hybridized carbons (Fsp3) is 0.531. The van der Waals surface area contributed by atoms with Gasteiger partial charge in [0.2, 0.25) is 0 Å². The van der Waals surface area contributed by atoms with Crippen molar-refractivity contribution in [1.82, 2.24) is 15.1 Å². The number of rotatable bonds is 10. The van der Waals surface area contributed by atoms with Crippen molar-refractivity contribution in [2.45, 2.75) is 72.3 Å². The summed E-state index contributed by atoms with van der Waals surface area (Å²) in [4.78, 5) is 29.0. The average molecular weight is 567 g/mol. The summed E-state index contributed by atoms with van der Waals surface area (Å²) in [6, 6.07) is 3.25. The maximum Gasteiger partial charge on any atom is 0.309 e. The minimum Gasteiger partial charge on any atom is -0.507 e. The van der Waals surface area contributed by atoms with Crippen LogP contribution in [0.5, 0.6) is 11.5 Å². The van der Waals surface area contributed by atoms with Crippen LogP contribution in [0.4, 0.5) is 0 Å². The Hall–Kier alpha value is -3.59. The van der Waals surface area contributed by atoms with Gasteiger partial charge >= 0.3 is 5.97 Å². The molecular weight excluding hydrogens is 520 g/mol. The summed E-state index contributed by atoms with van der Waals surface area (Å²) in [6.07, 6.45) is 6.96. The first-order valence-electron chi connectivity index (χ1n) is 14.5. The Balaban J connectivity index is 1.85. The Labute approximate surface area is 244 Å². The zero-order chi connectivity index (χ0) is 30.3. The molecule has 1 aromatic rings. The Morgan fingerprint density at radius 3 is 2.39 bits per heavy atom. The molecule has 3 N–H and O–H groups in total. The van der Waals surface area contributed by atoms with Crippen molar-refractivity contribution in [3.63, 3.8) is 0 Å². The van der Waals surface area contributed by atoms with Crippen molar-refractivity contribution in [3.8, 4) is 11.5 Å². The zero-order valence-corrected chi connectivity index (χ0v) is 25.4. The highest BCUT2D eigenvalue weighted by Gasteiger charge is 2.29. The maximum absolute atomic E-state index is 13.0. The Kier molecular flexibility index (Phi) is 11.2. The molecular formula is C32H46N4O5. The largest absolute Gasteiger partial charge is 0.507 e. The summed E-state index contributed by atoms with van der Waals surface area (Å²) in [5.74, 6) is -0.222. The highest BCUT2D eigenvalue weighted by Crippen LogP contribution is 2.39. The van der Waals surface area contributed by atoms with Gasteiger partial charge in [-0.2, -0.15) is 0 Å². The van der Waals surface area contributed by atoms with E-state index in [0.717, 1.165) is 50.2 Å². The van der Waals surface area contributed by atoms with E-state index in [9.17, 15) is 14.7 Å². The number of carbonyl (C=O) groups excluding carboxylic acids is 2. The molecule has 9 heteroatoms. The van der Waals surface area contributed by atoms with Crippen LogP contribution in [-0.2, 0) is 14.3 Å². The number of hydrogen-bond donors (Lipinski definition) is 3. The van der Waals surface area contributed by atoms with Crippen molar-refractivity contribution in [3.05, 3.63) is 53.3 Å². The first-order chi connectivity index (χ1) is 19.5. The molecule has 1 aromatic carbocycles. The third kappa shape index (κ3) is 8.00. The summed E-state index contributed by atoms with van der Waals surface area (Å²) in [5.41, 5.74) is 3.69. The van der Waals surface area contributed by atoms with Crippen LogP contribution in [-0.4, -0.2) is 72.0 Å². The lowest BCUT2D eigenvalue weighted by Gasteiger charge is -2.34. The molecule has 9 nitrogen and oxygen atoms in total. The normalized spacial score (nSPS) is 16.2. The second kappa shape index (κ2) is 14.3. The van der Waals surface area contributed by atoms with Crippen LogP contribution in [0.15, 0.2) is 42.1 Å². The molecule has 1 saturated heterocycles. The maximum atomic E-state index is 13.0. The van der Waals surface area contributed by atoms with Gasteiger partial charge in [-0.05, 0) is 83.2 Å². The summed E-state index contributed by atoms with van der Waals surface area (Å²) in [5, 5.41) is 22.5. The number of nitrogens with one attached hydrogen (secondary N) is 2. The van der Waals surface area contributed by atoms with Crippen LogP contribution < -0.4 is 10.1 Å². The van der Waals surface area contributed by atoms with Gasteiger partial charge in [0.05, 0.1) is 25.3 Å². The van der Waals surface area contributed by atoms with Gasteiger partial charge in [0.15, 0.2) is 5.84 Å². The standard InChI is InChI=1S/C32H46N4O5/c1-8-41-32(39)24-13-15-35(16-14-24)19-23-9-11-25(12-10-23)36(30(33)31(38)34-21(4)5)22(6)27-17-26(20(2)3)29(40-7)18-28(27)37/h9,11,17-18,20-21,24,33,37H,6,8,10,12-16,19H2,1-5,7H3,(H,34,38). The Morgan fingerprint density at radius 2 is 1.85 bits per heavy atom. The topological polar surface area (TPSA) is 115 Å². The van der Waals surface area contributed by atoms with Gasteiger partial charge in [-0.25, -0.2) is 0 Å². The van der Waals surface area contributed by atoms with E-state index in [1.54, 1.807) is 18.1 Å². The highest BCUT2D eigenvalue weighted by atomic mass is 16.5. The lowest BCUT2D eigenvalue weighted by Crippen LogP contribution is -2.43. The van der Waals surface area contributed by atoms with Gasteiger partial charge in [0.1, 0.15) is 11.5 Å². The second-order valence-electron chi connectivity index (χ2n) is 11.3. The zero-order valence-electron chi connectivity index (χ0n) is 25.4. The van der Waals surface area contributed by atoms with Crippen molar-refractivity contribution < 1.29 is 24.2 Å².